The average molecular weight is 479 g/mol. The molecule has 1 fully saturated rings. The molecule has 0 amide bonds. The molecule has 142 valence electrons. The van der Waals surface area contributed by atoms with Crippen molar-refractivity contribution in [3.05, 3.63) is 35.9 Å². The summed E-state index contributed by atoms with van der Waals surface area (Å²) in [6.07, 6.45) is 3.05. The van der Waals surface area contributed by atoms with Gasteiger partial charge in [0.2, 0.25) is 0 Å². The van der Waals surface area contributed by atoms with Crippen molar-refractivity contribution < 1.29 is 8.42 Å². The second-order valence-corrected chi connectivity index (χ2v) is 8.96. The lowest BCUT2D eigenvalue weighted by Gasteiger charge is -2.17. The van der Waals surface area contributed by atoms with E-state index in [2.05, 4.69) is 39.9 Å². The predicted octanol–water partition coefficient (Wildman–Crippen LogP) is 2.79. The fourth-order valence-corrected chi connectivity index (χ4v) is 3.56. The van der Waals surface area contributed by atoms with Crippen LogP contribution in [0.4, 0.5) is 0 Å². The maximum absolute atomic E-state index is 11.3. The first-order chi connectivity index (χ1) is 11.4. The molecule has 2 rings (SSSR count). The molecule has 1 aromatic carbocycles. The first-order valence-corrected chi connectivity index (χ1v) is 10.7. The van der Waals surface area contributed by atoms with Crippen LogP contribution in [0.5, 0.6) is 0 Å². The number of hydrogen-bond donors (Lipinski definition) is 2. The third-order valence-electron chi connectivity index (χ3n) is 4.28. The zero-order chi connectivity index (χ0) is 17.6. The summed E-state index contributed by atoms with van der Waals surface area (Å²) < 4.78 is 22.5. The number of rotatable bonds is 8. The Morgan fingerprint density at radius 2 is 2.00 bits per heavy atom. The molecule has 1 aliphatic rings. The zero-order valence-corrected chi connectivity index (χ0v) is 18.4. The molecule has 0 heterocycles. The van der Waals surface area contributed by atoms with Gasteiger partial charge in [0.05, 0.1) is 5.75 Å². The summed E-state index contributed by atoms with van der Waals surface area (Å²) in [7, 11) is -2.92. The van der Waals surface area contributed by atoms with E-state index >= 15 is 0 Å². The summed E-state index contributed by atoms with van der Waals surface area (Å²) in [5.41, 5.74) is 1.40. The number of nitrogens with one attached hydrogen (secondary N) is 2. The molecular formula is C18H30IN3O2S. The number of sulfone groups is 1. The molecule has 0 radical (unpaired) electrons. The Balaban J connectivity index is 0.00000312. The highest BCUT2D eigenvalue weighted by molar-refractivity contribution is 14.0. The zero-order valence-electron chi connectivity index (χ0n) is 15.2. The van der Waals surface area contributed by atoms with Gasteiger partial charge in [-0.05, 0) is 44.1 Å². The van der Waals surface area contributed by atoms with E-state index in [1.165, 1.54) is 18.2 Å². The Kier molecular flexibility index (Phi) is 9.20. The molecule has 25 heavy (non-hydrogen) atoms. The van der Waals surface area contributed by atoms with Gasteiger partial charge in [-0.25, -0.2) is 8.42 Å². The van der Waals surface area contributed by atoms with Gasteiger partial charge in [0.1, 0.15) is 9.84 Å². The molecule has 1 saturated carbocycles. The highest BCUT2D eigenvalue weighted by Crippen LogP contribution is 2.47. The van der Waals surface area contributed by atoms with E-state index < -0.39 is 9.84 Å². The van der Waals surface area contributed by atoms with Crippen LogP contribution in [0, 0.1) is 5.92 Å². The van der Waals surface area contributed by atoms with Gasteiger partial charge in [-0.15, -0.1) is 24.0 Å². The molecule has 2 N–H and O–H groups in total. The van der Waals surface area contributed by atoms with Crippen molar-refractivity contribution in [2.45, 2.75) is 38.6 Å². The number of benzene rings is 1. The number of nitrogens with zero attached hydrogens (tertiary/aromatic N) is 1. The highest BCUT2D eigenvalue weighted by atomic mass is 127. The third-order valence-corrected chi connectivity index (χ3v) is 5.26. The van der Waals surface area contributed by atoms with Gasteiger partial charge in [-0.2, -0.15) is 0 Å². The van der Waals surface area contributed by atoms with Crippen molar-refractivity contribution in [3.8, 4) is 0 Å². The lowest BCUT2D eigenvalue weighted by atomic mass is 10.1. The monoisotopic (exact) mass is 479 g/mol. The van der Waals surface area contributed by atoms with Crippen molar-refractivity contribution in [2.75, 3.05) is 25.1 Å². The van der Waals surface area contributed by atoms with Crippen molar-refractivity contribution in [1.82, 2.24) is 10.6 Å². The van der Waals surface area contributed by atoms with Gasteiger partial charge in [-0.1, -0.05) is 30.3 Å². The molecular weight excluding hydrogens is 449 g/mol. The first-order valence-electron chi connectivity index (χ1n) is 8.66. The summed E-state index contributed by atoms with van der Waals surface area (Å²) in [5.74, 6) is 2.20. The van der Waals surface area contributed by atoms with Crippen LogP contribution in [-0.2, 0) is 9.84 Å². The summed E-state index contributed by atoms with van der Waals surface area (Å²) in [4.78, 5) is 4.68. The van der Waals surface area contributed by atoms with Crippen LogP contribution < -0.4 is 10.6 Å². The summed E-state index contributed by atoms with van der Waals surface area (Å²) >= 11 is 0. The van der Waals surface area contributed by atoms with Gasteiger partial charge < -0.3 is 10.6 Å². The topological polar surface area (TPSA) is 70.6 Å². The van der Waals surface area contributed by atoms with Crippen molar-refractivity contribution in [1.29, 1.82) is 0 Å². The highest BCUT2D eigenvalue weighted by Gasteiger charge is 2.37. The SMILES string of the molecule is CCNC(=NCC1CC1c1ccccc1)NC(C)CCS(C)(=O)=O.I. The van der Waals surface area contributed by atoms with Gasteiger partial charge in [-0.3, -0.25) is 4.99 Å². The minimum Gasteiger partial charge on any atom is -0.357 e. The Bertz CT molecular complexity index is 650. The molecule has 1 aliphatic carbocycles. The average Bonchev–Trinajstić information content (AvgIpc) is 3.31. The van der Waals surface area contributed by atoms with E-state index in [1.54, 1.807) is 0 Å². The first kappa shape index (κ1) is 22.2. The smallest absolute Gasteiger partial charge is 0.191 e. The predicted molar refractivity (Wildman–Crippen MR) is 116 cm³/mol. The van der Waals surface area contributed by atoms with Crippen LogP contribution >= 0.6 is 24.0 Å². The van der Waals surface area contributed by atoms with Crippen molar-refractivity contribution >= 4 is 39.8 Å². The Labute approximate surface area is 169 Å². The van der Waals surface area contributed by atoms with Gasteiger partial charge >= 0.3 is 0 Å². The fourth-order valence-electron chi connectivity index (χ4n) is 2.78. The lowest BCUT2D eigenvalue weighted by molar-refractivity contribution is 0.581. The molecule has 5 nitrogen and oxygen atoms in total. The molecule has 0 aromatic heterocycles. The molecule has 3 atom stereocenters. The number of hydrogen-bond acceptors (Lipinski definition) is 3. The van der Waals surface area contributed by atoms with E-state index in [0.29, 0.717) is 18.3 Å². The Hall–Kier alpha value is -0.830. The molecule has 0 bridgehead atoms. The standard InChI is InChI=1S/C18H29N3O2S.HI/c1-4-19-18(21-14(2)10-11-24(3,22)23)20-13-16-12-17(16)15-8-6-5-7-9-15;/h5-9,14,16-17H,4,10-13H2,1-3H3,(H2,19,20,21);1H. The minimum absolute atomic E-state index is 0. The second kappa shape index (κ2) is 10.4. The molecule has 3 unspecified atom stereocenters. The van der Waals surface area contributed by atoms with E-state index in [1.807, 2.05) is 19.9 Å². The van der Waals surface area contributed by atoms with Gasteiger partial charge in [0, 0.05) is 25.4 Å². The Morgan fingerprint density at radius 1 is 1.32 bits per heavy atom. The molecule has 7 heteroatoms. The number of guanidine groups is 1. The van der Waals surface area contributed by atoms with Crippen LogP contribution in [0.3, 0.4) is 0 Å². The Morgan fingerprint density at radius 3 is 2.60 bits per heavy atom. The maximum Gasteiger partial charge on any atom is 0.191 e. The molecule has 0 saturated heterocycles. The largest absolute Gasteiger partial charge is 0.357 e. The lowest BCUT2D eigenvalue weighted by Crippen LogP contribution is -2.43. The number of aliphatic imine (C=N–C) groups is 1. The van der Waals surface area contributed by atoms with E-state index in [9.17, 15) is 8.42 Å². The number of halogens is 1. The van der Waals surface area contributed by atoms with Crippen LogP contribution in [0.2, 0.25) is 0 Å². The van der Waals surface area contributed by atoms with Crippen LogP contribution in [0.1, 0.15) is 38.2 Å². The molecule has 0 aliphatic heterocycles. The molecule has 1 aromatic rings. The van der Waals surface area contributed by atoms with Crippen molar-refractivity contribution in [2.24, 2.45) is 10.9 Å². The van der Waals surface area contributed by atoms with Crippen LogP contribution in [0.15, 0.2) is 35.3 Å². The summed E-state index contributed by atoms with van der Waals surface area (Å²) in [6, 6.07) is 10.7. The summed E-state index contributed by atoms with van der Waals surface area (Å²) in [5, 5.41) is 6.54. The fraction of sp³-hybridized carbons (Fsp3) is 0.611. The second-order valence-electron chi connectivity index (χ2n) is 6.70. The van der Waals surface area contributed by atoms with Crippen LogP contribution in [-0.4, -0.2) is 45.5 Å². The summed E-state index contributed by atoms with van der Waals surface area (Å²) in [6.45, 7) is 5.61. The normalized spacial score (nSPS) is 21.2. The van der Waals surface area contributed by atoms with Crippen molar-refractivity contribution in [3.63, 3.8) is 0 Å². The van der Waals surface area contributed by atoms with Gasteiger partial charge in [0.25, 0.3) is 0 Å². The maximum atomic E-state index is 11.3. The van der Waals surface area contributed by atoms with E-state index in [4.69, 9.17) is 0 Å². The quantitative estimate of drug-likeness (QED) is 0.342. The third kappa shape index (κ3) is 8.40. The minimum atomic E-state index is -2.92. The molecule has 0 spiro atoms. The van der Waals surface area contributed by atoms with E-state index in [-0.39, 0.29) is 35.8 Å². The van der Waals surface area contributed by atoms with Gasteiger partial charge in [0.15, 0.2) is 5.96 Å². The van der Waals surface area contributed by atoms with E-state index in [0.717, 1.165) is 19.0 Å². The van der Waals surface area contributed by atoms with Crippen LogP contribution in [0.25, 0.3) is 0 Å².